The number of likely N-dealkylation sites (tertiary alicyclic amines) is 1. The van der Waals surface area contributed by atoms with E-state index in [0.29, 0.717) is 12.4 Å². The van der Waals surface area contributed by atoms with Crippen LogP contribution in [0.5, 0.6) is 0 Å². The molecule has 5 heteroatoms. The number of alkyl halides is 1. The van der Waals surface area contributed by atoms with Gasteiger partial charge in [-0.05, 0) is 12.8 Å². The molecule has 1 rings (SSSR count). The third kappa shape index (κ3) is 3.67. The molecule has 0 saturated carbocycles. The number of carbonyl (C=O) groups is 2. The van der Waals surface area contributed by atoms with Crippen LogP contribution >= 0.6 is 11.6 Å². The number of halogens is 1. The van der Waals surface area contributed by atoms with E-state index in [-0.39, 0.29) is 23.8 Å². The molecule has 2 atom stereocenters. The quantitative estimate of drug-likeness (QED) is 0.755. The van der Waals surface area contributed by atoms with Crippen molar-refractivity contribution in [2.75, 3.05) is 19.0 Å². The van der Waals surface area contributed by atoms with Crippen LogP contribution in [0.15, 0.2) is 0 Å². The van der Waals surface area contributed by atoms with Crippen LogP contribution in [0, 0.1) is 5.92 Å². The van der Waals surface area contributed by atoms with Crippen LogP contribution in [-0.4, -0.2) is 41.7 Å². The van der Waals surface area contributed by atoms with Crippen LogP contribution in [0.4, 0.5) is 0 Å². The highest BCUT2D eigenvalue weighted by Crippen LogP contribution is 2.14. The first-order chi connectivity index (χ1) is 7.54. The Labute approximate surface area is 101 Å². The lowest BCUT2D eigenvalue weighted by molar-refractivity contribution is -0.136. The Morgan fingerprint density at radius 3 is 2.81 bits per heavy atom. The second-order valence-corrected chi connectivity index (χ2v) is 4.69. The topological polar surface area (TPSA) is 49.4 Å². The monoisotopic (exact) mass is 246 g/mol. The van der Waals surface area contributed by atoms with Gasteiger partial charge in [-0.3, -0.25) is 9.59 Å². The molecule has 0 aliphatic carbocycles. The molecular weight excluding hydrogens is 228 g/mol. The minimum atomic E-state index is -0.141. The Hall–Kier alpha value is -0.770. The Morgan fingerprint density at radius 1 is 1.56 bits per heavy atom. The predicted molar refractivity (Wildman–Crippen MR) is 63.3 cm³/mol. The van der Waals surface area contributed by atoms with Gasteiger partial charge >= 0.3 is 0 Å². The van der Waals surface area contributed by atoms with Crippen molar-refractivity contribution in [2.24, 2.45) is 5.92 Å². The van der Waals surface area contributed by atoms with Gasteiger partial charge in [-0.1, -0.05) is 6.92 Å². The van der Waals surface area contributed by atoms with Gasteiger partial charge in [0.1, 0.15) is 0 Å². The first-order valence-electron chi connectivity index (χ1n) is 5.66. The number of nitrogens with one attached hydrogen (secondary N) is 1. The number of piperidine rings is 1. The van der Waals surface area contributed by atoms with E-state index in [9.17, 15) is 9.59 Å². The third-order valence-corrected chi connectivity index (χ3v) is 3.26. The second kappa shape index (κ2) is 6.09. The molecule has 2 unspecified atom stereocenters. The van der Waals surface area contributed by atoms with Gasteiger partial charge in [-0.2, -0.15) is 0 Å². The molecule has 1 aliphatic rings. The lowest BCUT2D eigenvalue weighted by atomic mass is 10.0. The van der Waals surface area contributed by atoms with Gasteiger partial charge in [0.2, 0.25) is 11.8 Å². The van der Waals surface area contributed by atoms with Gasteiger partial charge in [0.05, 0.1) is 0 Å². The Bertz CT molecular complexity index is 271. The number of carbonyl (C=O) groups excluding carboxylic acids is 2. The van der Waals surface area contributed by atoms with Crippen LogP contribution in [0.2, 0.25) is 0 Å². The first-order valence-corrected chi connectivity index (χ1v) is 6.20. The SMILES string of the molecule is CC(=O)NC1CCCN(C(=O)C(C)CCl)C1. The molecule has 92 valence electrons. The molecule has 16 heavy (non-hydrogen) atoms. The number of hydrogen-bond acceptors (Lipinski definition) is 2. The molecule has 1 saturated heterocycles. The van der Waals surface area contributed by atoms with E-state index in [2.05, 4.69) is 5.32 Å². The largest absolute Gasteiger partial charge is 0.352 e. The van der Waals surface area contributed by atoms with Crippen molar-refractivity contribution >= 4 is 23.4 Å². The predicted octanol–water partition coefficient (Wildman–Crippen LogP) is 0.988. The van der Waals surface area contributed by atoms with Crippen molar-refractivity contribution in [3.05, 3.63) is 0 Å². The number of nitrogens with zero attached hydrogens (tertiary/aromatic N) is 1. The lowest BCUT2D eigenvalue weighted by Gasteiger charge is -2.34. The Morgan fingerprint density at radius 2 is 2.25 bits per heavy atom. The smallest absolute Gasteiger partial charge is 0.226 e. The summed E-state index contributed by atoms with van der Waals surface area (Å²) in [5.74, 6) is 0.257. The highest BCUT2D eigenvalue weighted by atomic mass is 35.5. The van der Waals surface area contributed by atoms with Crippen molar-refractivity contribution in [1.29, 1.82) is 0 Å². The molecule has 0 aromatic heterocycles. The summed E-state index contributed by atoms with van der Waals surface area (Å²) < 4.78 is 0. The zero-order valence-electron chi connectivity index (χ0n) is 9.83. The van der Waals surface area contributed by atoms with Crippen molar-refractivity contribution in [3.63, 3.8) is 0 Å². The summed E-state index contributed by atoms with van der Waals surface area (Å²) in [5.41, 5.74) is 0. The first kappa shape index (κ1) is 13.3. The van der Waals surface area contributed by atoms with Gasteiger partial charge in [0, 0.05) is 37.9 Å². The van der Waals surface area contributed by atoms with Crippen LogP contribution in [-0.2, 0) is 9.59 Å². The van der Waals surface area contributed by atoms with E-state index in [0.717, 1.165) is 19.4 Å². The maximum Gasteiger partial charge on any atom is 0.226 e. The van der Waals surface area contributed by atoms with Gasteiger partial charge in [-0.25, -0.2) is 0 Å². The Balaban J connectivity index is 2.49. The fourth-order valence-corrected chi connectivity index (χ4v) is 2.09. The van der Waals surface area contributed by atoms with Gasteiger partial charge in [0.15, 0.2) is 0 Å². The highest BCUT2D eigenvalue weighted by Gasteiger charge is 2.26. The van der Waals surface area contributed by atoms with E-state index >= 15 is 0 Å². The van der Waals surface area contributed by atoms with E-state index in [1.807, 2.05) is 6.92 Å². The van der Waals surface area contributed by atoms with Crippen molar-refractivity contribution < 1.29 is 9.59 Å². The lowest BCUT2D eigenvalue weighted by Crippen LogP contribution is -2.50. The molecule has 0 radical (unpaired) electrons. The van der Waals surface area contributed by atoms with E-state index in [4.69, 9.17) is 11.6 Å². The van der Waals surface area contributed by atoms with Crippen LogP contribution in [0.1, 0.15) is 26.7 Å². The zero-order chi connectivity index (χ0) is 12.1. The standard InChI is InChI=1S/C11H19ClN2O2/c1-8(6-12)11(16)14-5-3-4-10(7-14)13-9(2)15/h8,10H,3-7H2,1-2H3,(H,13,15). The minimum absolute atomic E-state index is 0.0373. The molecular formula is C11H19ClN2O2. The van der Waals surface area contributed by atoms with Crippen LogP contribution in [0.3, 0.4) is 0 Å². The molecule has 1 N–H and O–H groups in total. The summed E-state index contributed by atoms with van der Waals surface area (Å²) in [6.07, 6.45) is 1.88. The van der Waals surface area contributed by atoms with Gasteiger partial charge in [-0.15, -0.1) is 11.6 Å². The normalized spacial score (nSPS) is 22.7. The molecule has 1 heterocycles. The van der Waals surface area contributed by atoms with Crippen molar-refractivity contribution in [2.45, 2.75) is 32.7 Å². The summed E-state index contributed by atoms with van der Waals surface area (Å²) in [5, 5.41) is 2.86. The molecule has 4 nitrogen and oxygen atoms in total. The van der Waals surface area contributed by atoms with Gasteiger partial charge in [0.25, 0.3) is 0 Å². The Kier molecular flexibility index (Phi) is 5.06. The van der Waals surface area contributed by atoms with Crippen molar-refractivity contribution in [1.82, 2.24) is 10.2 Å². The average Bonchev–Trinajstić information content (AvgIpc) is 2.26. The third-order valence-electron chi connectivity index (χ3n) is 2.79. The fourth-order valence-electron chi connectivity index (χ4n) is 1.96. The van der Waals surface area contributed by atoms with Crippen LogP contribution in [0.25, 0.3) is 0 Å². The average molecular weight is 247 g/mol. The molecule has 1 fully saturated rings. The number of hydrogen-bond donors (Lipinski definition) is 1. The molecule has 0 spiro atoms. The molecule has 2 amide bonds. The molecule has 0 aromatic carbocycles. The van der Waals surface area contributed by atoms with Crippen LogP contribution < -0.4 is 5.32 Å². The molecule has 0 bridgehead atoms. The van der Waals surface area contributed by atoms with E-state index in [1.54, 1.807) is 4.90 Å². The fraction of sp³-hybridized carbons (Fsp3) is 0.818. The summed E-state index contributed by atoms with van der Waals surface area (Å²) >= 11 is 5.67. The van der Waals surface area contributed by atoms with Gasteiger partial charge < -0.3 is 10.2 Å². The number of amides is 2. The summed E-state index contributed by atoms with van der Waals surface area (Å²) in [6.45, 7) is 4.72. The number of rotatable bonds is 3. The van der Waals surface area contributed by atoms with Crippen molar-refractivity contribution in [3.8, 4) is 0 Å². The maximum atomic E-state index is 11.9. The summed E-state index contributed by atoms with van der Waals surface area (Å²) in [4.78, 5) is 24.6. The second-order valence-electron chi connectivity index (χ2n) is 4.38. The minimum Gasteiger partial charge on any atom is -0.352 e. The highest BCUT2D eigenvalue weighted by molar-refractivity contribution is 6.19. The maximum absolute atomic E-state index is 11.9. The molecule has 0 aromatic rings. The summed E-state index contributed by atoms with van der Waals surface area (Å²) in [7, 11) is 0. The van der Waals surface area contributed by atoms with E-state index < -0.39 is 0 Å². The summed E-state index contributed by atoms with van der Waals surface area (Å²) in [6, 6.07) is 0.0951. The zero-order valence-corrected chi connectivity index (χ0v) is 10.6. The molecule has 1 aliphatic heterocycles. The van der Waals surface area contributed by atoms with E-state index in [1.165, 1.54) is 6.92 Å².